The van der Waals surface area contributed by atoms with Gasteiger partial charge in [-0.05, 0) is 56.0 Å². The number of hydrogen-bond donors (Lipinski definition) is 1. The SMILES string of the molecule is CNC1CC(C)CCC1C(C)(C)CCc1ccnn1C. The summed E-state index contributed by atoms with van der Waals surface area (Å²) in [5.41, 5.74) is 1.74. The van der Waals surface area contributed by atoms with Crippen molar-refractivity contribution in [1.82, 2.24) is 15.1 Å². The van der Waals surface area contributed by atoms with Crippen molar-refractivity contribution >= 4 is 0 Å². The van der Waals surface area contributed by atoms with Gasteiger partial charge >= 0.3 is 0 Å². The van der Waals surface area contributed by atoms with Crippen LogP contribution in [0.15, 0.2) is 12.3 Å². The lowest BCUT2D eigenvalue weighted by Crippen LogP contribution is -2.45. The van der Waals surface area contributed by atoms with Crippen molar-refractivity contribution in [3.05, 3.63) is 18.0 Å². The molecular formula is C17H31N3. The van der Waals surface area contributed by atoms with Crippen LogP contribution in [0.3, 0.4) is 0 Å². The van der Waals surface area contributed by atoms with Crippen LogP contribution in [0.5, 0.6) is 0 Å². The molecule has 0 aliphatic heterocycles. The summed E-state index contributed by atoms with van der Waals surface area (Å²) >= 11 is 0. The summed E-state index contributed by atoms with van der Waals surface area (Å²) in [5, 5.41) is 7.85. The van der Waals surface area contributed by atoms with Crippen molar-refractivity contribution in [2.75, 3.05) is 7.05 Å². The number of aryl methyl sites for hydroxylation is 2. The molecule has 114 valence electrons. The fourth-order valence-corrected chi connectivity index (χ4v) is 3.92. The zero-order valence-electron chi connectivity index (χ0n) is 13.8. The maximum Gasteiger partial charge on any atom is 0.0492 e. The van der Waals surface area contributed by atoms with Crippen LogP contribution < -0.4 is 5.32 Å². The Kier molecular flexibility index (Phi) is 4.90. The number of hydrogen-bond acceptors (Lipinski definition) is 2. The highest BCUT2D eigenvalue weighted by Gasteiger charge is 2.37. The normalized spacial score (nSPS) is 27.8. The third kappa shape index (κ3) is 3.43. The van der Waals surface area contributed by atoms with E-state index in [9.17, 15) is 0 Å². The van der Waals surface area contributed by atoms with Gasteiger partial charge < -0.3 is 5.32 Å². The van der Waals surface area contributed by atoms with E-state index in [1.54, 1.807) is 0 Å². The summed E-state index contributed by atoms with van der Waals surface area (Å²) in [6.07, 6.45) is 8.36. The van der Waals surface area contributed by atoms with Crippen molar-refractivity contribution in [1.29, 1.82) is 0 Å². The number of aromatic nitrogens is 2. The smallest absolute Gasteiger partial charge is 0.0492 e. The average Bonchev–Trinajstić information content (AvgIpc) is 2.81. The first-order valence-electron chi connectivity index (χ1n) is 8.08. The van der Waals surface area contributed by atoms with Gasteiger partial charge in [-0.15, -0.1) is 0 Å². The highest BCUT2D eigenvalue weighted by molar-refractivity contribution is 5.02. The van der Waals surface area contributed by atoms with Crippen LogP contribution in [0.4, 0.5) is 0 Å². The molecule has 0 radical (unpaired) electrons. The molecule has 0 aromatic carbocycles. The average molecular weight is 277 g/mol. The maximum atomic E-state index is 4.28. The second-order valence-electron chi connectivity index (χ2n) is 7.35. The molecule has 3 heteroatoms. The number of nitrogens with zero attached hydrogens (tertiary/aromatic N) is 2. The zero-order chi connectivity index (χ0) is 14.8. The van der Waals surface area contributed by atoms with Gasteiger partial charge in [0.1, 0.15) is 0 Å². The van der Waals surface area contributed by atoms with Gasteiger partial charge in [0.25, 0.3) is 0 Å². The van der Waals surface area contributed by atoms with E-state index in [-0.39, 0.29) is 0 Å². The second kappa shape index (κ2) is 6.30. The lowest BCUT2D eigenvalue weighted by molar-refractivity contribution is 0.0902. The predicted octanol–water partition coefficient (Wildman–Crippen LogP) is 3.40. The van der Waals surface area contributed by atoms with Gasteiger partial charge in [-0.2, -0.15) is 5.10 Å². The molecule has 0 spiro atoms. The second-order valence-corrected chi connectivity index (χ2v) is 7.35. The fraction of sp³-hybridized carbons (Fsp3) is 0.824. The molecule has 20 heavy (non-hydrogen) atoms. The highest BCUT2D eigenvalue weighted by atomic mass is 15.2. The third-order valence-corrected chi connectivity index (χ3v) is 5.43. The van der Waals surface area contributed by atoms with Crippen molar-refractivity contribution in [2.24, 2.45) is 24.3 Å². The van der Waals surface area contributed by atoms with Gasteiger partial charge in [0, 0.05) is 25.0 Å². The number of rotatable bonds is 5. The molecule has 1 saturated carbocycles. The molecule has 0 bridgehead atoms. The largest absolute Gasteiger partial charge is 0.317 e. The molecule has 3 nitrogen and oxygen atoms in total. The molecule has 1 aliphatic carbocycles. The molecule has 1 aromatic rings. The molecule has 1 heterocycles. The van der Waals surface area contributed by atoms with Gasteiger partial charge in [0.15, 0.2) is 0 Å². The quantitative estimate of drug-likeness (QED) is 0.894. The van der Waals surface area contributed by atoms with Crippen molar-refractivity contribution in [2.45, 2.75) is 58.9 Å². The van der Waals surface area contributed by atoms with E-state index in [0.717, 1.165) is 18.3 Å². The van der Waals surface area contributed by atoms with Crippen LogP contribution in [0.25, 0.3) is 0 Å². The summed E-state index contributed by atoms with van der Waals surface area (Å²) in [4.78, 5) is 0. The fourth-order valence-electron chi connectivity index (χ4n) is 3.92. The molecule has 1 fully saturated rings. The first-order chi connectivity index (χ1) is 9.44. The van der Waals surface area contributed by atoms with Crippen LogP contribution in [-0.4, -0.2) is 22.9 Å². The molecule has 2 rings (SSSR count). The van der Waals surface area contributed by atoms with E-state index in [1.165, 1.54) is 31.4 Å². The zero-order valence-corrected chi connectivity index (χ0v) is 13.8. The minimum Gasteiger partial charge on any atom is -0.317 e. The van der Waals surface area contributed by atoms with E-state index in [4.69, 9.17) is 0 Å². The molecule has 3 atom stereocenters. The van der Waals surface area contributed by atoms with Gasteiger partial charge in [0.2, 0.25) is 0 Å². The monoisotopic (exact) mass is 277 g/mol. The Morgan fingerprint density at radius 1 is 1.40 bits per heavy atom. The molecule has 1 N–H and O–H groups in total. The Balaban J connectivity index is 1.99. The molecule has 1 aromatic heterocycles. The summed E-state index contributed by atoms with van der Waals surface area (Å²) in [6.45, 7) is 7.30. The van der Waals surface area contributed by atoms with E-state index in [1.807, 2.05) is 17.9 Å². The summed E-state index contributed by atoms with van der Waals surface area (Å²) < 4.78 is 2.01. The Labute approximate surface area is 124 Å². The van der Waals surface area contributed by atoms with E-state index < -0.39 is 0 Å². The van der Waals surface area contributed by atoms with Crippen molar-refractivity contribution in [3.8, 4) is 0 Å². The molecular weight excluding hydrogens is 246 g/mol. The lowest BCUT2D eigenvalue weighted by Gasteiger charge is -2.44. The third-order valence-electron chi connectivity index (χ3n) is 5.43. The van der Waals surface area contributed by atoms with Crippen LogP contribution >= 0.6 is 0 Å². The molecule has 0 saturated heterocycles. The summed E-state index contributed by atoms with van der Waals surface area (Å²) in [7, 11) is 4.17. The van der Waals surface area contributed by atoms with Crippen molar-refractivity contribution in [3.63, 3.8) is 0 Å². The Bertz CT molecular complexity index is 422. The van der Waals surface area contributed by atoms with Crippen molar-refractivity contribution < 1.29 is 0 Å². The molecule has 1 aliphatic rings. The van der Waals surface area contributed by atoms with Crippen LogP contribution in [0, 0.1) is 17.3 Å². The van der Waals surface area contributed by atoms with Gasteiger partial charge in [-0.25, -0.2) is 0 Å². The first kappa shape index (κ1) is 15.6. The Morgan fingerprint density at radius 3 is 2.75 bits per heavy atom. The van der Waals surface area contributed by atoms with Gasteiger partial charge in [-0.3, -0.25) is 4.68 Å². The van der Waals surface area contributed by atoms with Gasteiger partial charge in [0.05, 0.1) is 0 Å². The topological polar surface area (TPSA) is 29.9 Å². The highest BCUT2D eigenvalue weighted by Crippen LogP contribution is 2.42. The standard InChI is InChI=1S/C17H31N3/c1-13-6-7-15(16(12-13)18-4)17(2,3)10-8-14-9-11-19-20(14)5/h9,11,13,15-16,18H,6-8,10,12H2,1-5H3. The first-order valence-corrected chi connectivity index (χ1v) is 8.08. The maximum absolute atomic E-state index is 4.28. The number of nitrogens with one attached hydrogen (secondary N) is 1. The van der Waals surface area contributed by atoms with Crippen LogP contribution in [0.1, 0.15) is 52.1 Å². The molecule has 0 amide bonds. The van der Waals surface area contributed by atoms with Crippen LogP contribution in [-0.2, 0) is 13.5 Å². The Morgan fingerprint density at radius 2 is 2.15 bits per heavy atom. The molecule has 3 unspecified atom stereocenters. The minimum absolute atomic E-state index is 0.387. The predicted molar refractivity (Wildman–Crippen MR) is 84.7 cm³/mol. The summed E-state index contributed by atoms with van der Waals surface area (Å²) in [6, 6.07) is 2.83. The van der Waals surface area contributed by atoms with Crippen LogP contribution in [0.2, 0.25) is 0 Å². The summed E-state index contributed by atoms with van der Waals surface area (Å²) in [5.74, 6) is 1.66. The Hall–Kier alpha value is -0.830. The van der Waals surface area contributed by atoms with E-state index >= 15 is 0 Å². The minimum atomic E-state index is 0.387. The van der Waals surface area contributed by atoms with E-state index in [0.29, 0.717) is 11.5 Å². The van der Waals surface area contributed by atoms with E-state index in [2.05, 4.69) is 44.3 Å². The van der Waals surface area contributed by atoms with Gasteiger partial charge in [-0.1, -0.05) is 27.2 Å². The lowest BCUT2D eigenvalue weighted by atomic mass is 9.64.